The molecule has 0 radical (unpaired) electrons. The number of aromatic nitrogens is 1. The van der Waals surface area contributed by atoms with Crippen molar-refractivity contribution in [1.29, 1.82) is 0 Å². The largest absolute Gasteiger partial charge is 0.358 e. The first-order chi connectivity index (χ1) is 5.34. The summed E-state index contributed by atoms with van der Waals surface area (Å²) in [4.78, 5) is 18.9. The number of hydrogen-bond acceptors (Lipinski definition) is 5. The van der Waals surface area contributed by atoms with E-state index < -0.39 is 5.97 Å². The molecule has 0 aliphatic carbocycles. The second-order valence-corrected chi connectivity index (χ2v) is 1.74. The number of nitrogens with one attached hydrogen (secondary N) is 1. The van der Waals surface area contributed by atoms with Gasteiger partial charge in [-0.2, -0.15) is 0 Å². The zero-order valence-electron chi connectivity index (χ0n) is 5.65. The molecule has 0 aliphatic rings. The van der Waals surface area contributed by atoms with E-state index in [1.54, 1.807) is 5.59 Å². The summed E-state index contributed by atoms with van der Waals surface area (Å²) in [7, 11) is 0. The second-order valence-electron chi connectivity index (χ2n) is 1.74. The highest BCUT2D eigenvalue weighted by atomic mass is 16.7. The lowest BCUT2D eigenvalue weighted by molar-refractivity contribution is 0.0254. The van der Waals surface area contributed by atoms with Crippen molar-refractivity contribution in [2.24, 2.45) is 5.84 Å². The molecule has 0 aliphatic heterocycles. The quantitative estimate of drug-likeness (QED) is 0.447. The van der Waals surface area contributed by atoms with Gasteiger partial charge in [-0.05, 0) is 12.1 Å². The third-order valence-electron chi connectivity index (χ3n) is 1.07. The van der Waals surface area contributed by atoms with Crippen LogP contribution in [0.4, 0.5) is 0 Å². The Morgan fingerprint density at radius 1 is 1.55 bits per heavy atom. The van der Waals surface area contributed by atoms with Gasteiger partial charge in [-0.25, -0.2) is 10.6 Å². The van der Waals surface area contributed by atoms with E-state index in [0.29, 0.717) is 5.56 Å². The first-order valence-corrected chi connectivity index (χ1v) is 2.91. The maximum absolute atomic E-state index is 10.9. The molecule has 0 saturated carbocycles. The first-order valence-electron chi connectivity index (χ1n) is 2.91. The molecule has 1 rings (SSSR count). The van der Waals surface area contributed by atoms with Crippen molar-refractivity contribution < 1.29 is 9.63 Å². The van der Waals surface area contributed by atoms with E-state index in [2.05, 4.69) is 9.82 Å². The third kappa shape index (κ3) is 1.99. The van der Waals surface area contributed by atoms with Gasteiger partial charge in [0.25, 0.3) is 0 Å². The van der Waals surface area contributed by atoms with Crippen molar-refractivity contribution in [3.05, 3.63) is 30.1 Å². The van der Waals surface area contributed by atoms with Crippen LogP contribution in [-0.2, 0) is 4.84 Å². The van der Waals surface area contributed by atoms with Crippen molar-refractivity contribution in [2.45, 2.75) is 0 Å². The van der Waals surface area contributed by atoms with Gasteiger partial charge in [0.2, 0.25) is 0 Å². The molecular weight excluding hydrogens is 146 g/mol. The topological polar surface area (TPSA) is 77.2 Å². The fourth-order valence-electron chi connectivity index (χ4n) is 0.600. The lowest BCUT2D eigenvalue weighted by Gasteiger charge is -1.98. The first kappa shape index (κ1) is 7.64. The van der Waals surface area contributed by atoms with Crippen LogP contribution < -0.4 is 11.4 Å². The molecule has 11 heavy (non-hydrogen) atoms. The minimum absolute atomic E-state index is 0.401. The molecule has 3 N–H and O–H groups in total. The molecule has 1 aromatic heterocycles. The van der Waals surface area contributed by atoms with Crippen LogP contribution in [0.5, 0.6) is 0 Å². The van der Waals surface area contributed by atoms with Crippen molar-refractivity contribution in [2.75, 3.05) is 0 Å². The maximum Gasteiger partial charge on any atom is 0.358 e. The summed E-state index contributed by atoms with van der Waals surface area (Å²) >= 11 is 0. The fourth-order valence-corrected chi connectivity index (χ4v) is 0.600. The molecule has 0 fully saturated rings. The summed E-state index contributed by atoms with van der Waals surface area (Å²) in [5.41, 5.74) is 2.20. The highest BCUT2D eigenvalue weighted by Gasteiger charge is 2.03. The molecule has 58 valence electrons. The summed E-state index contributed by atoms with van der Waals surface area (Å²) in [6.45, 7) is 0. The van der Waals surface area contributed by atoms with Crippen molar-refractivity contribution in [1.82, 2.24) is 10.6 Å². The molecular formula is C6H7N3O2. The zero-order valence-corrected chi connectivity index (χ0v) is 5.65. The Morgan fingerprint density at radius 3 is 2.73 bits per heavy atom. The van der Waals surface area contributed by atoms with Gasteiger partial charge in [0.15, 0.2) is 0 Å². The van der Waals surface area contributed by atoms with Crippen LogP contribution in [0.25, 0.3) is 0 Å². The van der Waals surface area contributed by atoms with Crippen LogP contribution in [0.15, 0.2) is 24.5 Å². The monoisotopic (exact) mass is 153 g/mol. The molecule has 0 amide bonds. The molecule has 0 saturated heterocycles. The minimum Gasteiger partial charge on any atom is -0.351 e. The number of carbonyl (C=O) groups excluding carboxylic acids is 1. The normalized spacial score (nSPS) is 9.18. The average Bonchev–Trinajstić information content (AvgIpc) is 2.07. The van der Waals surface area contributed by atoms with Gasteiger partial charge < -0.3 is 4.84 Å². The smallest absolute Gasteiger partial charge is 0.351 e. The predicted octanol–water partition coefficient (Wildman–Crippen LogP) is -0.383. The molecule has 0 bridgehead atoms. The van der Waals surface area contributed by atoms with E-state index in [1.165, 1.54) is 24.5 Å². The van der Waals surface area contributed by atoms with E-state index in [4.69, 9.17) is 5.84 Å². The minimum atomic E-state index is -0.533. The molecule has 0 atom stereocenters. The van der Waals surface area contributed by atoms with Crippen molar-refractivity contribution >= 4 is 5.97 Å². The summed E-state index contributed by atoms with van der Waals surface area (Å²) in [5, 5.41) is 0. The van der Waals surface area contributed by atoms with Gasteiger partial charge in [-0.15, -0.1) is 0 Å². The number of hydrogen-bond donors (Lipinski definition) is 2. The lowest BCUT2D eigenvalue weighted by atomic mass is 10.3. The molecule has 1 heterocycles. The number of hydrazine groups is 1. The van der Waals surface area contributed by atoms with E-state index in [9.17, 15) is 4.79 Å². The Kier molecular flexibility index (Phi) is 2.53. The van der Waals surface area contributed by atoms with E-state index >= 15 is 0 Å². The fraction of sp³-hybridized carbons (Fsp3) is 0. The van der Waals surface area contributed by atoms with E-state index in [0.717, 1.165) is 0 Å². The summed E-state index contributed by atoms with van der Waals surface area (Å²) < 4.78 is 0. The van der Waals surface area contributed by atoms with Crippen molar-refractivity contribution in [3.8, 4) is 0 Å². The molecule has 0 spiro atoms. The van der Waals surface area contributed by atoms with E-state index in [1.807, 2.05) is 0 Å². The molecule has 5 heteroatoms. The molecule has 5 nitrogen and oxygen atoms in total. The number of rotatable bonds is 2. The second kappa shape index (κ2) is 3.65. The number of nitrogens with zero attached hydrogens (tertiary/aromatic N) is 1. The Bertz CT molecular complexity index is 237. The van der Waals surface area contributed by atoms with Gasteiger partial charge in [0.1, 0.15) is 0 Å². The van der Waals surface area contributed by atoms with Crippen molar-refractivity contribution in [3.63, 3.8) is 0 Å². The Morgan fingerprint density at radius 2 is 2.18 bits per heavy atom. The maximum atomic E-state index is 10.9. The predicted molar refractivity (Wildman–Crippen MR) is 37.0 cm³/mol. The zero-order chi connectivity index (χ0) is 8.10. The SMILES string of the molecule is NNOC(=O)c1ccncc1. The van der Waals surface area contributed by atoms with Crippen LogP contribution in [-0.4, -0.2) is 11.0 Å². The summed E-state index contributed by atoms with van der Waals surface area (Å²) in [6, 6.07) is 3.05. The van der Waals surface area contributed by atoms with Crippen LogP contribution in [0.1, 0.15) is 10.4 Å². The standard InChI is InChI=1S/C6H7N3O2/c7-9-11-6(10)5-1-3-8-4-2-5/h1-4,9H,7H2. The Labute approximate surface area is 63.1 Å². The molecule has 0 unspecified atom stereocenters. The molecule has 1 aromatic rings. The Hall–Kier alpha value is -1.46. The summed E-state index contributed by atoms with van der Waals surface area (Å²) in [5.74, 6) is 4.23. The van der Waals surface area contributed by atoms with Crippen LogP contribution in [0.2, 0.25) is 0 Å². The lowest BCUT2D eigenvalue weighted by Crippen LogP contribution is -2.26. The Balaban J connectivity index is 2.69. The molecule has 0 aromatic carbocycles. The average molecular weight is 153 g/mol. The van der Waals surface area contributed by atoms with Gasteiger partial charge >= 0.3 is 5.97 Å². The van der Waals surface area contributed by atoms with Crippen LogP contribution >= 0.6 is 0 Å². The number of carbonyl (C=O) groups is 1. The van der Waals surface area contributed by atoms with Gasteiger partial charge in [0.05, 0.1) is 5.56 Å². The van der Waals surface area contributed by atoms with Gasteiger partial charge in [0, 0.05) is 12.4 Å². The highest BCUT2D eigenvalue weighted by Crippen LogP contribution is 1.96. The van der Waals surface area contributed by atoms with Crippen LogP contribution in [0, 0.1) is 0 Å². The number of pyridine rings is 1. The van der Waals surface area contributed by atoms with E-state index in [-0.39, 0.29) is 0 Å². The number of nitrogens with two attached hydrogens (primary N) is 1. The highest BCUT2D eigenvalue weighted by molar-refractivity contribution is 5.88. The van der Waals surface area contributed by atoms with Gasteiger partial charge in [-0.1, -0.05) is 5.59 Å². The van der Waals surface area contributed by atoms with Gasteiger partial charge in [-0.3, -0.25) is 4.98 Å². The third-order valence-corrected chi connectivity index (χ3v) is 1.07. The van der Waals surface area contributed by atoms with Crippen LogP contribution in [0.3, 0.4) is 0 Å². The summed E-state index contributed by atoms with van der Waals surface area (Å²) in [6.07, 6.45) is 2.99.